The normalized spacial score (nSPS) is 17.7. The standard InChI is InChI=1S/C30H38N6O5/c1-18(37)36(4)23-7-5-6-20(14-23)15-26(34-28(38)21-10-8-19(9-11-21)17-35(2)3)29(39)31-22-12-13-24-25(16-22)33-27(32-24)30(40)41/h5-7,12-14,16,19,21,26H,8-11,15,17H2,1-4H3,(H,31,39)(H,32,33)(H,34,38)(H,40,41). The number of H-pyrrole nitrogens is 1. The number of carbonyl (C=O) groups excluding carboxylic acids is 3. The molecular formula is C30H38N6O5. The molecular weight excluding hydrogens is 524 g/mol. The summed E-state index contributed by atoms with van der Waals surface area (Å²) >= 11 is 0. The number of aromatic carboxylic acids is 1. The Morgan fingerprint density at radius 2 is 1.78 bits per heavy atom. The monoisotopic (exact) mass is 562 g/mol. The van der Waals surface area contributed by atoms with E-state index >= 15 is 0 Å². The first-order valence-corrected chi connectivity index (χ1v) is 13.8. The molecule has 41 heavy (non-hydrogen) atoms. The summed E-state index contributed by atoms with van der Waals surface area (Å²) in [6.07, 6.45) is 3.71. The second kappa shape index (κ2) is 12.9. The van der Waals surface area contributed by atoms with Crippen LogP contribution in [0.5, 0.6) is 0 Å². The van der Waals surface area contributed by atoms with Gasteiger partial charge in [0.05, 0.1) is 11.0 Å². The van der Waals surface area contributed by atoms with Gasteiger partial charge in [-0.1, -0.05) is 12.1 Å². The van der Waals surface area contributed by atoms with Crippen LogP contribution < -0.4 is 15.5 Å². The zero-order valence-corrected chi connectivity index (χ0v) is 23.9. The van der Waals surface area contributed by atoms with Gasteiger partial charge >= 0.3 is 5.97 Å². The van der Waals surface area contributed by atoms with Crippen LogP contribution in [0.1, 0.15) is 48.8 Å². The molecule has 1 atom stereocenters. The Hall–Kier alpha value is -4.25. The molecule has 218 valence electrons. The average molecular weight is 563 g/mol. The predicted octanol–water partition coefficient (Wildman–Crippen LogP) is 3.28. The van der Waals surface area contributed by atoms with Crippen LogP contribution in [0.4, 0.5) is 11.4 Å². The maximum absolute atomic E-state index is 13.6. The highest BCUT2D eigenvalue weighted by molar-refractivity contribution is 5.99. The number of nitrogens with zero attached hydrogens (tertiary/aromatic N) is 3. The maximum Gasteiger partial charge on any atom is 0.371 e. The van der Waals surface area contributed by atoms with Crippen LogP contribution in [0.25, 0.3) is 11.0 Å². The van der Waals surface area contributed by atoms with Crippen molar-refractivity contribution in [2.45, 2.75) is 45.1 Å². The van der Waals surface area contributed by atoms with Crippen molar-refractivity contribution in [2.75, 3.05) is 37.9 Å². The van der Waals surface area contributed by atoms with Gasteiger partial charge in [-0.05, 0) is 81.6 Å². The zero-order valence-electron chi connectivity index (χ0n) is 23.9. The summed E-state index contributed by atoms with van der Waals surface area (Å²) in [6.45, 7) is 2.48. The highest BCUT2D eigenvalue weighted by atomic mass is 16.4. The van der Waals surface area contributed by atoms with E-state index in [1.807, 2.05) is 24.3 Å². The fraction of sp³-hybridized carbons (Fsp3) is 0.433. The molecule has 1 unspecified atom stereocenters. The number of fused-ring (bicyclic) bond motifs is 1. The lowest BCUT2D eigenvalue weighted by atomic mass is 9.81. The number of nitrogens with one attached hydrogen (secondary N) is 3. The SMILES string of the molecule is CC(=O)N(C)c1cccc(CC(NC(=O)C2CCC(CN(C)C)CC2)C(=O)Nc2ccc3nc(C(=O)O)[nH]c3c2)c1. The number of amides is 3. The summed E-state index contributed by atoms with van der Waals surface area (Å²) in [5, 5.41) is 15.1. The smallest absolute Gasteiger partial charge is 0.371 e. The molecule has 0 bridgehead atoms. The number of rotatable bonds is 10. The summed E-state index contributed by atoms with van der Waals surface area (Å²) in [4.78, 5) is 60.5. The van der Waals surface area contributed by atoms with Gasteiger partial charge in [-0.15, -0.1) is 0 Å². The Kier molecular flexibility index (Phi) is 9.38. The quantitative estimate of drug-likeness (QED) is 0.296. The topological polar surface area (TPSA) is 148 Å². The van der Waals surface area contributed by atoms with E-state index in [0.29, 0.717) is 28.3 Å². The Bertz CT molecular complexity index is 1430. The second-order valence-electron chi connectivity index (χ2n) is 11.1. The number of carbonyl (C=O) groups is 4. The van der Waals surface area contributed by atoms with Gasteiger partial charge in [-0.2, -0.15) is 0 Å². The number of anilines is 2. The van der Waals surface area contributed by atoms with E-state index in [1.165, 1.54) is 11.8 Å². The van der Waals surface area contributed by atoms with E-state index in [1.54, 1.807) is 25.2 Å². The van der Waals surface area contributed by atoms with E-state index in [4.69, 9.17) is 0 Å². The van der Waals surface area contributed by atoms with Gasteiger partial charge in [0.15, 0.2) is 0 Å². The van der Waals surface area contributed by atoms with Crippen molar-refractivity contribution in [3.63, 3.8) is 0 Å². The summed E-state index contributed by atoms with van der Waals surface area (Å²) in [5.74, 6) is -1.62. The lowest BCUT2D eigenvalue weighted by Crippen LogP contribution is -2.48. The van der Waals surface area contributed by atoms with Crippen LogP contribution in [0.3, 0.4) is 0 Å². The molecule has 1 fully saturated rings. The van der Waals surface area contributed by atoms with Crippen LogP contribution in [0.2, 0.25) is 0 Å². The van der Waals surface area contributed by atoms with Crippen LogP contribution >= 0.6 is 0 Å². The van der Waals surface area contributed by atoms with Gasteiger partial charge in [0, 0.05) is 44.2 Å². The third-order valence-corrected chi connectivity index (χ3v) is 7.64. The first kappa shape index (κ1) is 29.7. The summed E-state index contributed by atoms with van der Waals surface area (Å²) < 4.78 is 0. The minimum Gasteiger partial charge on any atom is -0.475 e. The molecule has 1 heterocycles. The van der Waals surface area contributed by atoms with Crippen LogP contribution in [-0.2, 0) is 20.8 Å². The van der Waals surface area contributed by atoms with E-state index in [-0.39, 0.29) is 30.0 Å². The molecule has 1 aliphatic carbocycles. The summed E-state index contributed by atoms with van der Waals surface area (Å²) in [5.41, 5.74) is 2.85. The second-order valence-corrected chi connectivity index (χ2v) is 11.1. The van der Waals surface area contributed by atoms with E-state index < -0.39 is 17.9 Å². The molecule has 0 aliphatic heterocycles. The Morgan fingerprint density at radius 3 is 2.44 bits per heavy atom. The third-order valence-electron chi connectivity index (χ3n) is 7.64. The number of benzene rings is 2. The lowest BCUT2D eigenvalue weighted by molar-refractivity contribution is -0.130. The van der Waals surface area contributed by atoms with E-state index in [0.717, 1.165) is 37.8 Å². The molecule has 1 aromatic heterocycles. The van der Waals surface area contributed by atoms with Gasteiger partial charge in [-0.25, -0.2) is 9.78 Å². The molecule has 4 rings (SSSR count). The first-order chi connectivity index (χ1) is 19.5. The van der Waals surface area contributed by atoms with Gasteiger partial charge in [0.2, 0.25) is 23.5 Å². The van der Waals surface area contributed by atoms with Crippen LogP contribution in [-0.4, -0.2) is 77.4 Å². The van der Waals surface area contributed by atoms with Crippen molar-refractivity contribution >= 4 is 46.1 Å². The molecule has 1 saturated carbocycles. The third kappa shape index (κ3) is 7.69. The average Bonchev–Trinajstić information content (AvgIpc) is 3.36. The summed E-state index contributed by atoms with van der Waals surface area (Å²) in [6, 6.07) is 11.3. The van der Waals surface area contributed by atoms with Crippen molar-refractivity contribution in [3.05, 3.63) is 53.9 Å². The number of carboxylic acids is 1. The van der Waals surface area contributed by atoms with Crippen molar-refractivity contribution in [1.82, 2.24) is 20.2 Å². The van der Waals surface area contributed by atoms with Crippen molar-refractivity contribution in [1.29, 1.82) is 0 Å². The van der Waals surface area contributed by atoms with Crippen LogP contribution in [0.15, 0.2) is 42.5 Å². The minimum absolute atomic E-state index is 0.116. The number of aromatic amines is 1. The molecule has 2 aromatic carbocycles. The Balaban J connectivity index is 1.52. The number of carboxylic acid groups (broad SMARTS) is 1. The number of imidazole rings is 1. The van der Waals surface area contributed by atoms with Crippen molar-refractivity contribution in [2.24, 2.45) is 11.8 Å². The first-order valence-electron chi connectivity index (χ1n) is 13.8. The highest BCUT2D eigenvalue weighted by Crippen LogP contribution is 2.29. The van der Waals surface area contributed by atoms with Gasteiger partial charge in [0.1, 0.15) is 6.04 Å². The molecule has 3 amide bonds. The number of aromatic nitrogens is 2. The Labute approximate surface area is 239 Å². The predicted molar refractivity (Wildman–Crippen MR) is 157 cm³/mol. The molecule has 0 saturated heterocycles. The fourth-order valence-corrected chi connectivity index (χ4v) is 5.35. The molecule has 4 N–H and O–H groups in total. The molecule has 3 aromatic rings. The number of hydrogen-bond donors (Lipinski definition) is 4. The highest BCUT2D eigenvalue weighted by Gasteiger charge is 2.30. The van der Waals surface area contributed by atoms with Gasteiger partial charge < -0.3 is 30.5 Å². The largest absolute Gasteiger partial charge is 0.475 e. The van der Waals surface area contributed by atoms with E-state index in [2.05, 4.69) is 39.6 Å². The zero-order chi connectivity index (χ0) is 29.7. The number of hydrogen-bond acceptors (Lipinski definition) is 6. The van der Waals surface area contributed by atoms with Crippen molar-refractivity contribution in [3.8, 4) is 0 Å². The minimum atomic E-state index is -1.18. The fourth-order valence-electron chi connectivity index (χ4n) is 5.35. The molecule has 0 radical (unpaired) electrons. The van der Waals surface area contributed by atoms with Gasteiger partial charge in [-0.3, -0.25) is 14.4 Å². The molecule has 1 aliphatic rings. The van der Waals surface area contributed by atoms with E-state index in [9.17, 15) is 24.3 Å². The van der Waals surface area contributed by atoms with Crippen LogP contribution in [0, 0.1) is 11.8 Å². The molecule has 11 heteroatoms. The molecule has 11 nitrogen and oxygen atoms in total. The maximum atomic E-state index is 13.6. The lowest BCUT2D eigenvalue weighted by Gasteiger charge is -2.30. The molecule has 0 spiro atoms. The van der Waals surface area contributed by atoms with Crippen molar-refractivity contribution < 1.29 is 24.3 Å². The Morgan fingerprint density at radius 1 is 1.05 bits per heavy atom. The summed E-state index contributed by atoms with van der Waals surface area (Å²) in [7, 11) is 5.79. The van der Waals surface area contributed by atoms with Gasteiger partial charge in [0.25, 0.3) is 0 Å².